The van der Waals surface area contributed by atoms with Crippen LogP contribution in [0.15, 0.2) is 48.8 Å². The number of hydrogen-bond acceptors (Lipinski definition) is 8. The Balaban J connectivity index is 1.56. The molecule has 3 heterocycles. The fourth-order valence-corrected chi connectivity index (χ4v) is 4.96. The number of fused-ring (bicyclic) bond motifs is 1. The number of piperidine rings is 1. The number of imidazole rings is 1. The lowest BCUT2D eigenvalue weighted by Gasteiger charge is -2.34. The van der Waals surface area contributed by atoms with Crippen LogP contribution in [0.25, 0.3) is 28.0 Å². The lowest BCUT2D eigenvalue weighted by atomic mass is 9.98. The molecule has 4 aromatic rings. The van der Waals surface area contributed by atoms with Crippen LogP contribution in [0.2, 0.25) is 0 Å². The fraction of sp³-hybridized carbons (Fsp3) is 0.333. The number of carbonyl (C=O) groups is 1. The predicted octanol–water partition coefficient (Wildman–Crippen LogP) is 5.28. The number of phenolic OH excluding ortho intramolecular Hbond substituents is 1. The minimum absolute atomic E-state index is 0.0481. The van der Waals surface area contributed by atoms with Crippen molar-refractivity contribution in [3.63, 3.8) is 0 Å². The Morgan fingerprint density at radius 1 is 1.17 bits per heavy atom. The van der Waals surface area contributed by atoms with Gasteiger partial charge in [0.1, 0.15) is 23.1 Å². The number of hydrogen-bond donors (Lipinski definition) is 2. The molecule has 0 unspecified atom stereocenters. The first kappa shape index (κ1) is 27.7. The van der Waals surface area contributed by atoms with Gasteiger partial charge in [0.25, 0.3) is 0 Å². The van der Waals surface area contributed by atoms with E-state index in [4.69, 9.17) is 14.5 Å². The van der Waals surface area contributed by atoms with Crippen molar-refractivity contribution >= 4 is 17.7 Å². The summed E-state index contributed by atoms with van der Waals surface area (Å²) in [6.45, 7) is 6.68. The van der Waals surface area contributed by atoms with Gasteiger partial charge in [-0.15, -0.1) is 0 Å². The highest BCUT2D eigenvalue weighted by molar-refractivity contribution is 5.91. The number of rotatable bonds is 5. The van der Waals surface area contributed by atoms with Crippen LogP contribution < -0.4 is 15.0 Å². The number of aromatic hydroxyl groups is 1. The third-order valence-electron chi connectivity index (χ3n) is 6.86. The van der Waals surface area contributed by atoms with E-state index in [9.17, 15) is 19.6 Å². The van der Waals surface area contributed by atoms with Crippen molar-refractivity contribution in [2.24, 2.45) is 0 Å². The van der Waals surface area contributed by atoms with E-state index in [2.05, 4.69) is 15.2 Å². The highest BCUT2D eigenvalue weighted by Gasteiger charge is 2.27. The minimum Gasteiger partial charge on any atom is -0.504 e. The summed E-state index contributed by atoms with van der Waals surface area (Å²) in [6, 6.07) is 11.1. The van der Waals surface area contributed by atoms with Gasteiger partial charge in [-0.05, 0) is 63.4 Å². The second kappa shape index (κ2) is 11.0. The molecule has 11 heteroatoms. The van der Waals surface area contributed by atoms with Crippen LogP contribution in [0.5, 0.6) is 11.5 Å². The van der Waals surface area contributed by atoms with Crippen molar-refractivity contribution in [1.29, 1.82) is 5.26 Å². The largest absolute Gasteiger partial charge is 0.504 e. The van der Waals surface area contributed by atoms with Crippen molar-refractivity contribution in [2.75, 3.05) is 25.1 Å². The van der Waals surface area contributed by atoms with Crippen molar-refractivity contribution in [3.8, 4) is 40.0 Å². The second-order valence-corrected chi connectivity index (χ2v) is 10.9. The topological polar surface area (TPSA) is 125 Å². The predicted molar refractivity (Wildman–Crippen MR) is 151 cm³/mol. The summed E-state index contributed by atoms with van der Waals surface area (Å²) < 4.78 is 27.3. The summed E-state index contributed by atoms with van der Waals surface area (Å²) in [7, 11) is 1.47. The Kier molecular flexibility index (Phi) is 7.41. The van der Waals surface area contributed by atoms with Crippen LogP contribution in [0.3, 0.4) is 0 Å². The number of amides is 1. The van der Waals surface area contributed by atoms with Gasteiger partial charge in [-0.25, -0.2) is 19.2 Å². The first-order valence-electron chi connectivity index (χ1n) is 13.3. The lowest BCUT2D eigenvalue weighted by Crippen LogP contribution is -2.46. The third kappa shape index (κ3) is 5.72. The highest BCUT2D eigenvalue weighted by Crippen LogP contribution is 2.40. The van der Waals surface area contributed by atoms with E-state index in [0.717, 1.165) is 0 Å². The van der Waals surface area contributed by atoms with Crippen molar-refractivity contribution in [1.82, 2.24) is 19.7 Å². The van der Waals surface area contributed by atoms with E-state index in [1.54, 1.807) is 36.7 Å². The molecule has 1 amide bonds. The van der Waals surface area contributed by atoms with Gasteiger partial charge in [0.2, 0.25) is 5.95 Å². The van der Waals surface area contributed by atoms with Gasteiger partial charge in [0.15, 0.2) is 11.5 Å². The summed E-state index contributed by atoms with van der Waals surface area (Å²) in [4.78, 5) is 24.0. The molecule has 1 saturated heterocycles. The number of nitrogens with zero attached hydrogens (tertiary/aromatic N) is 5. The zero-order valence-corrected chi connectivity index (χ0v) is 23.3. The Labute approximate surface area is 237 Å². The molecule has 2 N–H and O–H groups in total. The van der Waals surface area contributed by atoms with Gasteiger partial charge in [-0.3, -0.25) is 4.40 Å². The van der Waals surface area contributed by atoms with Gasteiger partial charge < -0.3 is 24.8 Å². The van der Waals surface area contributed by atoms with E-state index in [1.807, 2.05) is 31.2 Å². The third-order valence-corrected chi connectivity index (χ3v) is 6.86. The Morgan fingerprint density at radius 2 is 1.90 bits per heavy atom. The normalized spacial score (nSPS) is 14.1. The SMILES string of the molecule is COc1ccc(-c2c(-c3ccc(C#N)c(F)c3)nc(N3CCC(NC(=O)OC(C)(C)C)CC3)n3ccnc23)cc1O. The van der Waals surface area contributed by atoms with Gasteiger partial charge in [0, 0.05) is 37.1 Å². The Hall–Kier alpha value is -4.85. The maximum Gasteiger partial charge on any atom is 0.407 e. The number of anilines is 1. The Morgan fingerprint density at radius 3 is 2.54 bits per heavy atom. The van der Waals surface area contributed by atoms with E-state index in [1.165, 1.54) is 19.2 Å². The van der Waals surface area contributed by atoms with Gasteiger partial charge in [-0.2, -0.15) is 5.26 Å². The summed E-state index contributed by atoms with van der Waals surface area (Å²) in [5, 5.41) is 22.7. The number of methoxy groups -OCH3 is 1. The summed E-state index contributed by atoms with van der Waals surface area (Å²) in [5.74, 6) is 0.199. The van der Waals surface area contributed by atoms with Crippen LogP contribution in [0.1, 0.15) is 39.2 Å². The molecule has 1 aliphatic rings. The molecule has 0 atom stereocenters. The van der Waals surface area contributed by atoms with Crippen LogP contribution in [-0.4, -0.2) is 57.4 Å². The molecule has 212 valence electrons. The molecule has 41 heavy (non-hydrogen) atoms. The Bertz CT molecular complexity index is 1650. The number of benzene rings is 2. The number of nitrogens with one attached hydrogen (secondary N) is 1. The number of alkyl carbamates (subject to hydrolysis) is 1. The van der Waals surface area contributed by atoms with E-state index < -0.39 is 17.5 Å². The van der Waals surface area contributed by atoms with Crippen LogP contribution in [0.4, 0.5) is 15.1 Å². The lowest BCUT2D eigenvalue weighted by molar-refractivity contribution is 0.0497. The number of halogens is 1. The zero-order valence-electron chi connectivity index (χ0n) is 23.3. The van der Waals surface area contributed by atoms with E-state index in [-0.39, 0.29) is 17.4 Å². The first-order chi connectivity index (χ1) is 19.6. The fourth-order valence-electron chi connectivity index (χ4n) is 4.96. The van der Waals surface area contributed by atoms with Gasteiger partial charge in [-0.1, -0.05) is 12.1 Å². The van der Waals surface area contributed by atoms with Crippen LogP contribution in [-0.2, 0) is 4.74 Å². The molecular formula is C30H31FN6O4. The van der Waals surface area contributed by atoms with Crippen LogP contribution in [0, 0.1) is 17.1 Å². The van der Waals surface area contributed by atoms with Crippen LogP contribution >= 0.6 is 0 Å². The molecule has 1 fully saturated rings. The zero-order chi connectivity index (χ0) is 29.3. The molecule has 0 aliphatic carbocycles. The molecule has 5 rings (SSSR count). The monoisotopic (exact) mass is 558 g/mol. The van der Waals surface area contributed by atoms with Crippen molar-refractivity contribution < 1.29 is 23.8 Å². The number of carbonyl (C=O) groups excluding carboxylic acids is 1. The summed E-state index contributed by atoms with van der Waals surface area (Å²) in [5.41, 5.74) is 2.01. The first-order valence-corrected chi connectivity index (χ1v) is 13.3. The molecular weight excluding hydrogens is 527 g/mol. The van der Waals surface area contributed by atoms with E-state index >= 15 is 0 Å². The smallest absolute Gasteiger partial charge is 0.407 e. The standard InChI is InChI=1S/C30H31FN6O4/c1-30(2,3)41-29(39)34-21-9-12-36(13-10-21)28-35-26(19-5-6-20(17-32)22(31)15-19)25(27-33-11-14-37(27)28)18-7-8-24(40-4)23(38)16-18/h5-8,11,14-16,21,38H,9-10,12-13H2,1-4H3,(H,34,39). The average Bonchev–Trinajstić information content (AvgIpc) is 3.41. The second-order valence-electron chi connectivity index (χ2n) is 10.9. The number of aromatic nitrogens is 3. The average molecular weight is 559 g/mol. The highest BCUT2D eigenvalue weighted by atomic mass is 19.1. The number of nitriles is 1. The maximum absolute atomic E-state index is 14.8. The van der Waals surface area contributed by atoms with Crippen molar-refractivity contribution in [3.05, 3.63) is 60.2 Å². The van der Waals surface area contributed by atoms with Crippen molar-refractivity contribution in [2.45, 2.75) is 45.3 Å². The number of ether oxygens (including phenoxy) is 2. The molecule has 0 radical (unpaired) electrons. The molecule has 0 saturated carbocycles. The summed E-state index contributed by atoms with van der Waals surface area (Å²) in [6.07, 6.45) is 4.37. The molecule has 10 nitrogen and oxygen atoms in total. The molecule has 0 spiro atoms. The molecule has 2 aromatic heterocycles. The molecule has 2 aromatic carbocycles. The minimum atomic E-state index is -0.658. The van der Waals surface area contributed by atoms with Gasteiger partial charge in [0.05, 0.1) is 23.9 Å². The summed E-state index contributed by atoms with van der Waals surface area (Å²) >= 11 is 0. The quantitative estimate of drug-likeness (QED) is 0.339. The molecule has 1 aliphatic heterocycles. The van der Waals surface area contributed by atoms with Gasteiger partial charge >= 0.3 is 6.09 Å². The maximum atomic E-state index is 14.8. The number of phenols is 1. The van der Waals surface area contributed by atoms with E-state index in [0.29, 0.717) is 65.7 Å². The molecule has 0 bridgehead atoms.